The highest BCUT2D eigenvalue weighted by Gasteiger charge is 2.20. The lowest BCUT2D eigenvalue weighted by Gasteiger charge is -2.14. The SMILES string of the molecule is Cc1c(CN2CC[C@@H](N)C2)[nH]c2c(Cl)cccc12. The van der Waals surface area contributed by atoms with Gasteiger partial charge in [-0.3, -0.25) is 4.90 Å². The summed E-state index contributed by atoms with van der Waals surface area (Å²) in [5.74, 6) is 0. The predicted octanol–water partition coefficient (Wildman–Crippen LogP) is 2.66. The number of fused-ring (bicyclic) bond motifs is 1. The second-order valence-corrected chi connectivity index (χ2v) is 5.58. The molecule has 1 aliphatic rings. The van der Waals surface area contributed by atoms with E-state index in [2.05, 4.69) is 22.9 Å². The molecule has 0 aliphatic carbocycles. The third-order valence-electron chi connectivity index (χ3n) is 3.84. The topological polar surface area (TPSA) is 45.0 Å². The van der Waals surface area contributed by atoms with Gasteiger partial charge in [0, 0.05) is 36.8 Å². The molecule has 18 heavy (non-hydrogen) atoms. The van der Waals surface area contributed by atoms with Gasteiger partial charge in [-0.25, -0.2) is 0 Å². The van der Waals surface area contributed by atoms with Gasteiger partial charge >= 0.3 is 0 Å². The van der Waals surface area contributed by atoms with E-state index >= 15 is 0 Å². The lowest BCUT2D eigenvalue weighted by molar-refractivity contribution is 0.323. The Balaban J connectivity index is 1.93. The zero-order valence-electron chi connectivity index (χ0n) is 10.5. The van der Waals surface area contributed by atoms with Gasteiger partial charge in [-0.2, -0.15) is 0 Å². The third-order valence-corrected chi connectivity index (χ3v) is 4.15. The maximum absolute atomic E-state index is 6.22. The van der Waals surface area contributed by atoms with Crippen LogP contribution in [0.15, 0.2) is 18.2 Å². The molecule has 0 saturated carbocycles. The Morgan fingerprint density at radius 3 is 3.00 bits per heavy atom. The fraction of sp³-hybridized carbons (Fsp3) is 0.429. The summed E-state index contributed by atoms with van der Waals surface area (Å²) in [6, 6.07) is 6.38. The van der Waals surface area contributed by atoms with Gasteiger partial charge < -0.3 is 10.7 Å². The Kier molecular flexibility index (Phi) is 3.06. The molecule has 0 unspecified atom stereocenters. The number of H-pyrrole nitrogens is 1. The van der Waals surface area contributed by atoms with Crippen molar-refractivity contribution in [3.63, 3.8) is 0 Å². The van der Waals surface area contributed by atoms with Crippen molar-refractivity contribution < 1.29 is 0 Å². The molecule has 2 aromatic rings. The first-order valence-electron chi connectivity index (χ1n) is 6.39. The van der Waals surface area contributed by atoms with Crippen molar-refractivity contribution in [2.24, 2.45) is 5.73 Å². The first kappa shape index (κ1) is 12.0. The van der Waals surface area contributed by atoms with Gasteiger partial charge in [-0.15, -0.1) is 0 Å². The molecule has 0 spiro atoms. The Bertz CT molecular complexity index is 576. The van der Waals surface area contributed by atoms with E-state index in [0.717, 1.165) is 36.6 Å². The summed E-state index contributed by atoms with van der Waals surface area (Å²) in [5.41, 5.74) is 9.55. The lowest BCUT2D eigenvalue weighted by Crippen LogP contribution is -2.26. The van der Waals surface area contributed by atoms with Crippen LogP contribution in [0.1, 0.15) is 17.7 Å². The average molecular weight is 264 g/mol. The van der Waals surface area contributed by atoms with Crippen molar-refractivity contribution in [2.45, 2.75) is 25.9 Å². The van der Waals surface area contributed by atoms with E-state index in [1.165, 1.54) is 16.6 Å². The molecule has 1 atom stereocenters. The quantitative estimate of drug-likeness (QED) is 0.875. The van der Waals surface area contributed by atoms with E-state index in [1.54, 1.807) is 0 Å². The van der Waals surface area contributed by atoms with Crippen molar-refractivity contribution >= 4 is 22.5 Å². The minimum Gasteiger partial charge on any atom is -0.356 e. The van der Waals surface area contributed by atoms with E-state index in [1.807, 2.05) is 12.1 Å². The van der Waals surface area contributed by atoms with Crippen molar-refractivity contribution in [2.75, 3.05) is 13.1 Å². The fourth-order valence-corrected chi connectivity index (χ4v) is 2.98. The Labute approximate surface area is 112 Å². The Morgan fingerprint density at radius 1 is 1.50 bits per heavy atom. The zero-order chi connectivity index (χ0) is 12.7. The molecule has 0 bridgehead atoms. The molecule has 2 heterocycles. The van der Waals surface area contributed by atoms with E-state index in [0.29, 0.717) is 6.04 Å². The molecular formula is C14H18ClN3. The van der Waals surface area contributed by atoms with Gasteiger partial charge in [0.25, 0.3) is 0 Å². The number of aromatic nitrogens is 1. The molecule has 1 fully saturated rings. The van der Waals surface area contributed by atoms with Crippen LogP contribution < -0.4 is 5.73 Å². The Morgan fingerprint density at radius 2 is 2.33 bits per heavy atom. The number of halogens is 1. The number of hydrogen-bond acceptors (Lipinski definition) is 2. The first-order valence-corrected chi connectivity index (χ1v) is 6.76. The summed E-state index contributed by atoms with van der Waals surface area (Å²) in [4.78, 5) is 5.86. The largest absolute Gasteiger partial charge is 0.356 e. The van der Waals surface area contributed by atoms with Crippen LogP contribution in [0.2, 0.25) is 5.02 Å². The summed E-state index contributed by atoms with van der Waals surface area (Å²) in [7, 11) is 0. The van der Waals surface area contributed by atoms with Crippen LogP contribution in [0, 0.1) is 6.92 Å². The normalized spacial score (nSPS) is 20.9. The van der Waals surface area contributed by atoms with Crippen LogP contribution in [-0.4, -0.2) is 29.0 Å². The summed E-state index contributed by atoms with van der Waals surface area (Å²) in [6.07, 6.45) is 1.10. The van der Waals surface area contributed by atoms with Crippen LogP contribution in [-0.2, 0) is 6.54 Å². The maximum atomic E-state index is 6.22. The average Bonchev–Trinajstić information content (AvgIpc) is 2.88. The molecule has 96 valence electrons. The summed E-state index contributed by atoms with van der Waals surface area (Å²) >= 11 is 6.22. The number of nitrogens with zero attached hydrogens (tertiary/aromatic N) is 1. The highest BCUT2D eigenvalue weighted by atomic mass is 35.5. The van der Waals surface area contributed by atoms with E-state index in [-0.39, 0.29) is 0 Å². The summed E-state index contributed by atoms with van der Waals surface area (Å²) in [5, 5.41) is 2.01. The van der Waals surface area contributed by atoms with Gasteiger partial charge in [0.2, 0.25) is 0 Å². The fourth-order valence-electron chi connectivity index (χ4n) is 2.76. The van der Waals surface area contributed by atoms with Crippen molar-refractivity contribution in [1.29, 1.82) is 0 Å². The smallest absolute Gasteiger partial charge is 0.0648 e. The standard InChI is InChI=1S/C14H18ClN3/c1-9-11-3-2-4-12(15)14(11)17-13(9)8-18-6-5-10(16)7-18/h2-4,10,17H,5-8,16H2,1H3/t10-/m1/s1. The molecule has 3 N–H and O–H groups in total. The van der Waals surface area contributed by atoms with Crippen LogP contribution in [0.25, 0.3) is 10.9 Å². The highest BCUT2D eigenvalue weighted by molar-refractivity contribution is 6.35. The minimum absolute atomic E-state index is 0.332. The minimum atomic E-state index is 0.332. The van der Waals surface area contributed by atoms with Gasteiger partial charge in [0.1, 0.15) is 0 Å². The number of rotatable bonds is 2. The van der Waals surface area contributed by atoms with Gasteiger partial charge in [-0.1, -0.05) is 23.7 Å². The molecular weight excluding hydrogens is 246 g/mol. The van der Waals surface area contributed by atoms with Gasteiger partial charge in [0.05, 0.1) is 10.5 Å². The number of aryl methyl sites for hydroxylation is 1. The maximum Gasteiger partial charge on any atom is 0.0648 e. The molecule has 1 aromatic carbocycles. The van der Waals surface area contributed by atoms with Crippen molar-refractivity contribution in [3.8, 4) is 0 Å². The Hall–Kier alpha value is -1.03. The number of benzene rings is 1. The molecule has 1 aliphatic heterocycles. The van der Waals surface area contributed by atoms with Crippen molar-refractivity contribution in [1.82, 2.24) is 9.88 Å². The second kappa shape index (κ2) is 4.57. The van der Waals surface area contributed by atoms with Crippen LogP contribution in [0.4, 0.5) is 0 Å². The van der Waals surface area contributed by atoms with Crippen LogP contribution >= 0.6 is 11.6 Å². The van der Waals surface area contributed by atoms with Gasteiger partial charge in [0.15, 0.2) is 0 Å². The first-order chi connectivity index (χ1) is 8.65. The molecule has 0 radical (unpaired) electrons. The van der Waals surface area contributed by atoms with Crippen molar-refractivity contribution in [3.05, 3.63) is 34.5 Å². The van der Waals surface area contributed by atoms with E-state index in [4.69, 9.17) is 17.3 Å². The number of para-hydroxylation sites is 1. The third kappa shape index (κ3) is 2.03. The highest BCUT2D eigenvalue weighted by Crippen LogP contribution is 2.28. The second-order valence-electron chi connectivity index (χ2n) is 5.17. The predicted molar refractivity (Wildman–Crippen MR) is 75.9 cm³/mol. The zero-order valence-corrected chi connectivity index (χ0v) is 11.3. The number of nitrogens with two attached hydrogens (primary N) is 1. The van der Waals surface area contributed by atoms with E-state index < -0.39 is 0 Å². The number of likely N-dealkylation sites (tertiary alicyclic amines) is 1. The molecule has 1 aromatic heterocycles. The molecule has 0 amide bonds. The molecule has 3 rings (SSSR count). The summed E-state index contributed by atoms with van der Waals surface area (Å²) in [6.45, 7) is 5.16. The van der Waals surface area contributed by atoms with Gasteiger partial charge in [-0.05, 0) is 25.0 Å². The lowest BCUT2D eigenvalue weighted by atomic mass is 10.1. The van der Waals surface area contributed by atoms with E-state index in [9.17, 15) is 0 Å². The molecule has 3 nitrogen and oxygen atoms in total. The van der Waals surface area contributed by atoms with Crippen LogP contribution in [0.3, 0.4) is 0 Å². The number of nitrogens with one attached hydrogen (secondary N) is 1. The number of hydrogen-bond donors (Lipinski definition) is 2. The summed E-state index contributed by atoms with van der Waals surface area (Å²) < 4.78 is 0. The molecule has 1 saturated heterocycles. The molecule has 4 heteroatoms. The monoisotopic (exact) mass is 263 g/mol. The number of aromatic amines is 1. The van der Waals surface area contributed by atoms with Crippen LogP contribution in [0.5, 0.6) is 0 Å².